The highest BCUT2D eigenvalue weighted by Gasteiger charge is 2.13. The molecule has 0 aliphatic rings. The number of H-pyrrole nitrogens is 1. The van der Waals surface area contributed by atoms with Gasteiger partial charge in [0.2, 0.25) is 5.82 Å². The summed E-state index contributed by atoms with van der Waals surface area (Å²) < 4.78 is 0. The van der Waals surface area contributed by atoms with E-state index >= 15 is 0 Å². The number of carbonyl (C=O) groups is 1. The van der Waals surface area contributed by atoms with E-state index in [1.807, 2.05) is 38.1 Å². The molecule has 2 rings (SSSR count). The zero-order chi connectivity index (χ0) is 14.5. The number of hydrogen-bond acceptors (Lipinski definition) is 4. The van der Waals surface area contributed by atoms with Gasteiger partial charge in [0.1, 0.15) is 5.82 Å². The van der Waals surface area contributed by atoms with Gasteiger partial charge in [0, 0.05) is 19.0 Å². The van der Waals surface area contributed by atoms with Crippen LogP contribution in [0.5, 0.6) is 0 Å². The first-order valence-electron chi connectivity index (χ1n) is 6.58. The smallest absolute Gasteiger partial charge is 0.291 e. The lowest BCUT2D eigenvalue weighted by molar-refractivity contribution is 0.0941. The minimum atomic E-state index is -0.281. The molecule has 0 atom stereocenters. The van der Waals surface area contributed by atoms with Crippen LogP contribution in [0.4, 0.5) is 0 Å². The molecule has 0 saturated heterocycles. The number of nitrogens with zero attached hydrogens (tertiary/aromatic N) is 2. The van der Waals surface area contributed by atoms with Crippen molar-refractivity contribution < 1.29 is 4.79 Å². The number of rotatable bonds is 5. The van der Waals surface area contributed by atoms with Gasteiger partial charge in [-0.25, -0.2) is 4.98 Å². The first-order chi connectivity index (χ1) is 9.60. The molecule has 1 amide bonds. The highest BCUT2D eigenvalue weighted by atomic mass is 16.2. The lowest BCUT2D eigenvalue weighted by Gasteiger charge is -2.04. The van der Waals surface area contributed by atoms with Crippen LogP contribution in [0.25, 0.3) is 0 Å². The van der Waals surface area contributed by atoms with E-state index in [0.29, 0.717) is 18.9 Å². The lowest BCUT2D eigenvalue weighted by Crippen LogP contribution is -2.24. The zero-order valence-electron chi connectivity index (χ0n) is 11.7. The van der Waals surface area contributed by atoms with E-state index in [9.17, 15) is 4.79 Å². The van der Waals surface area contributed by atoms with Crippen LogP contribution in [-0.4, -0.2) is 21.1 Å². The molecule has 6 heteroatoms. The number of carbonyl (C=O) groups excluding carboxylic acids is 1. The van der Waals surface area contributed by atoms with E-state index < -0.39 is 0 Å². The number of nitrogens with two attached hydrogens (primary N) is 1. The summed E-state index contributed by atoms with van der Waals surface area (Å²) >= 11 is 0. The van der Waals surface area contributed by atoms with Crippen molar-refractivity contribution in [2.45, 2.75) is 32.9 Å². The predicted molar refractivity (Wildman–Crippen MR) is 76.0 cm³/mol. The first kappa shape index (κ1) is 14.2. The van der Waals surface area contributed by atoms with Crippen molar-refractivity contribution in [1.82, 2.24) is 20.5 Å². The molecule has 0 bridgehead atoms. The Labute approximate surface area is 117 Å². The molecular weight excluding hydrogens is 254 g/mol. The summed E-state index contributed by atoms with van der Waals surface area (Å²) in [5.74, 6) is 0.818. The quantitative estimate of drug-likeness (QED) is 0.765. The van der Waals surface area contributed by atoms with Gasteiger partial charge in [0.15, 0.2) is 0 Å². The SMILES string of the molecule is CC(C)c1nc(C(=O)NCc2ccc(CN)cc2)n[nH]1. The second-order valence-corrected chi connectivity index (χ2v) is 4.90. The molecule has 0 fully saturated rings. The van der Waals surface area contributed by atoms with Crippen molar-refractivity contribution >= 4 is 5.91 Å². The van der Waals surface area contributed by atoms with Crippen molar-refractivity contribution in [2.75, 3.05) is 0 Å². The highest BCUT2D eigenvalue weighted by molar-refractivity contribution is 5.90. The van der Waals surface area contributed by atoms with Crippen molar-refractivity contribution in [1.29, 1.82) is 0 Å². The Hall–Kier alpha value is -2.21. The maximum absolute atomic E-state index is 11.9. The molecule has 0 unspecified atom stereocenters. The fourth-order valence-electron chi connectivity index (χ4n) is 1.69. The summed E-state index contributed by atoms with van der Waals surface area (Å²) in [6.45, 7) is 4.93. The van der Waals surface area contributed by atoms with Gasteiger partial charge in [-0.15, -0.1) is 5.10 Å². The van der Waals surface area contributed by atoms with Crippen LogP contribution in [0.2, 0.25) is 0 Å². The summed E-state index contributed by atoms with van der Waals surface area (Å²) in [6, 6.07) is 7.79. The molecular formula is C14H19N5O. The van der Waals surface area contributed by atoms with Gasteiger partial charge in [-0.1, -0.05) is 38.1 Å². The first-order valence-corrected chi connectivity index (χ1v) is 6.58. The molecule has 6 nitrogen and oxygen atoms in total. The molecule has 20 heavy (non-hydrogen) atoms. The largest absolute Gasteiger partial charge is 0.345 e. The molecule has 0 aliphatic heterocycles. The third kappa shape index (κ3) is 3.42. The summed E-state index contributed by atoms with van der Waals surface area (Å²) in [4.78, 5) is 16.1. The maximum atomic E-state index is 11.9. The fraction of sp³-hybridized carbons (Fsp3) is 0.357. The van der Waals surface area contributed by atoms with E-state index in [1.54, 1.807) is 0 Å². The minimum absolute atomic E-state index is 0.173. The molecule has 1 heterocycles. The van der Waals surface area contributed by atoms with Gasteiger partial charge in [0.25, 0.3) is 5.91 Å². The van der Waals surface area contributed by atoms with Gasteiger partial charge >= 0.3 is 0 Å². The highest BCUT2D eigenvalue weighted by Crippen LogP contribution is 2.08. The van der Waals surface area contributed by atoms with Crippen LogP contribution in [0.15, 0.2) is 24.3 Å². The Balaban J connectivity index is 1.93. The number of hydrogen-bond donors (Lipinski definition) is 3. The number of aromatic amines is 1. The molecule has 0 radical (unpaired) electrons. The standard InChI is InChI=1S/C14H19N5O/c1-9(2)12-17-13(19-18-12)14(20)16-8-11-5-3-10(7-15)4-6-11/h3-6,9H,7-8,15H2,1-2H3,(H,16,20)(H,17,18,19). The third-order valence-corrected chi connectivity index (χ3v) is 2.96. The molecule has 0 aliphatic carbocycles. The Morgan fingerprint density at radius 2 is 1.95 bits per heavy atom. The Bertz CT molecular complexity index is 574. The van der Waals surface area contributed by atoms with Gasteiger partial charge < -0.3 is 11.1 Å². The van der Waals surface area contributed by atoms with Crippen LogP contribution >= 0.6 is 0 Å². The van der Waals surface area contributed by atoms with Gasteiger partial charge in [0.05, 0.1) is 0 Å². The van der Waals surface area contributed by atoms with E-state index in [4.69, 9.17) is 5.73 Å². The Kier molecular flexibility index (Phi) is 4.47. The molecule has 2 aromatic rings. The van der Waals surface area contributed by atoms with Crippen molar-refractivity contribution in [3.05, 3.63) is 47.0 Å². The molecule has 1 aromatic heterocycles. The van der Waals surface area contributed by atoms with Crippen molar-refractivity contribution in [3.8, 4) is 0 Å². The number of aromatic nitrogens is 3. The predicted octanol–water partition coefficient (Wildman–Crippen LogP) is 1.32. The zero-order valence-corrected chi connectivity index (χ0v) is 11.7. The van der Waals surface area contributed by atoms with Crippen LogP contribution < -0.4 is 11.1 Å². The lowest BCUT2D eigenvalue weighted by atomic mass is 10.1. The van der Waals surface area contributed by atoms with Gasteiger partial charge in [-0.3, -0.25) is 9.89 Å². The summed E-state index contributed by atoms with van der Waals surface area (Å²) in [7, 11) is 0. The second kappa shape index (κ2) is 6.29. The minimum Gasteiger partial charge on any atom is -0.345 e. The topological polar surface area (TPSA) is 96.7 Å². The fourth-order valence-corrected chi connectivity index (χ4v) is 1.69. The van der Waals surface area contributed by atoms with E-state index in [1.165, 1.54) is 0 Å². The molecule has 106 valence electrons. The van der Waals surface area contributed by atoms with Crippen LogP contribution in [0, 0.1) is 0 Å². The van der Waals surface area contributed by atoms with Gasteiger partial charge in [-0.05, 0) is 11.1 Å². The van der Waals surface area contributed by atoms with E-state index in [2.05, 4.69) is 20.5 Å². The van der Waals surface area contributed by atoms with Gasteiger partial charge in [-0.2, -0.15) is 0 Å². The van der Waals surface area contributed by atoms with Crippen LogP contribution in [0.1, 0.15) is 47.3 Å². The second-order valence-electron chi connectivity index (χ2n) is 4.90. The van der Waals surface area contributed by atoms with E-state index in [-0.39, 0.29) is 17.6 Å². The molecule has 4 N–H and O–H groups in total. The maximum Gasteiger partial charge on any atom is 0.291 e. The molecule has 1 aromatic carbocycles. The number of nitrogens with one attached hydrogen (secondary N) is 2. The Morgan fingerprint density at radius 3 is 2.50 bits per heavy atom. The van der Waals surface area contributed by atoms with Crippen LogP contribution in [0.3, 0.4) is 0 Å². The number of amides is 1. The van der Waals surface area contributed by atoms with Crippen molar-refractivity contribution in [2.24, 2.45) is 5.73 Å². The van der Waals surface area contributed by atoms with E-state index in [0.717, 1.165) is 11.1 Å². The molecule has 0 spiro atoms. The average Bonchev–Trinajstić information content (AvgIpc) is 2.95. The van der Waals surface area contributed by atoms with Crippen LogP contribution in [-0.2, 0) is 13.1 Å². The summed E-state index contributed by atoms with van der Waals surface area (Å²) in [5.41, 5.74) is 7.61. The monoisotopic (exact) mass is 273 g/mol. The Morgan fingerprint density at radius 1 is 1.30 bits per heavy atom. The normalized spacial score (nSPS) is 10.8. The third-order valence-electron chi connectivity index (χ3n) is 2.96. The summed E-state index contributed by atoms with van der Waals surface area (Å²) in [5, 5.41) is 9.47. The summed E-state index contributed by atoms with van der Waals surface area (Å²) in [6.07, 6.45) is 0. The number of benzene rings is 1. The van der Waals surface area contributed by atoms with Crippen molar-refractivity contribution in [3.63, 3.8) is 0 Å². The average molecular weight is 273 g/mol. The molecule has 0 saturated carbocycles.